The molecule has 1 rings (SSSR count). The van der Waals surface area contributed by atoms with Gasteiger partial charge in [0.25, 0.3) is 0 Å². The summed E-state index contributed by atoms with van der Waals surface area (Å²) in [5.74, 6) is -1.02. The Kier molecular flexibility index (Phi) is 6.15. The van der Waals surface area contributed by atoms with Gasteiger partial charge in [-0.1, -0.05) is 11.6 Å². The normalized spacial score (nSPS) is 11.9. The maximum Gasteiger partial charge on any atom is 0.321 e. The summed E-state index contributed by atoms with van der Waals surface area (Å²) in [6.45, 7) is 5.85. The van der Waals surface area contributed by atoms with Crippen LogP contribution in [0.1, 0.15) is 27.7 Å². The van der Waals surface area contributed by atoms with Gasteiger partial charge in [-0.15, -0.1) is 0 Å². The quantitative estimate of drug-likeness (QED) is 0.779. The molecule has 0 spiro atoms. The predicted octanol–water partition coefficient (Wildman–Crippen LogP) is 1.92. The highest BCUT2D eigenvalue weighted by molar-refractivity contribution is 7.89. The topological polar surface area (TPSA) is 102 Å². The van der Waals surface area contributed by atoms with Crippen molar-refractivity contribution >= 4 is 39.2 Å². The van der Waals surface area contributed by atoms with Crippen LogP contribution in [-0.2, 0) is 24.3 Å². The SMILES string of the molecule is CC(=O)Nc1ccc(S(=O)(=O)NCC(=O)OC(C)(C)C)cc1Cl. The number of sulfonamides is 1. The third kappa shape index (κ3) is 6.55. The molecule has 0 heterocycles. The number of carbonyl (C=O) groups excluding carboxylic acids is 2. The van der Waals surface area contributed by atoms with Gasteiger partial charge in [-0.25, -0.2) is 8.42 Å². The van der Waals surface area contributed by atoms with E-state index < -0.39 is 28.1 Å². The first-order chi connectivity index (χ1) is 10.4. The molecule has 1 amide bonds. The second-order valence-electron chi connectivity index (χ2n) is 5.73. The van der Waals surface area contributed by atoms with Gasteiger partial charge in [-0.05, 0) is 39.0 Å². The molecular formula is C14H19ClN2O5S. The molecule has 128 valence electrons. The van der Waals surface area contributed by atoms with Crippen LogP contribution < -0.4 is 10.0 Å². The standard InChI is InChI=1S/C14H19ClN2O5S/c1-9(18)17-12-6-5-10(7-11(12)15)23(20,21)16-8-13(19)22-14(2,3)4/h5-7,16H,8H2,1-4H3,(H,17,18). The van der Waals surface area contributed by atoms with E-state index in [4.69, 9.17) is 16.3 Å². The van der Waals surface area contributed by atoms with E-state index in [0.29, 0.717) is 5.69 Å². The van der Waals surface area contributed by atoms with Gasteiger partial charge in [0.2, 0.25) is 15.9 Å². The van der Waals surface area contributed by atoms with E-state index in [1.807, 2.05) is 0 Å². The van der Waals surface area contributed by atoms with Crippen LogP contribution in [0.4, 0.5) is 5.69 Å². The Morgan fingerprint density at radius 3 is 2.35 bits per heavy atom. The molecule has 7 nitrogen and oxygen atoms in total. The number of esters is 1. The van der Waals surface area contributed by atoms with E-state index in [2.05, 4.69) is 10.0 Å². The Morgan fingerprint density at radius 1 is 1.26 bits per heavy atom. The fraction of sp³-hybridized carbons (Fsp3) is 0.429. The molecule has 9 heteroatoms. The molecular weight excluding hydrogens is 344 g/mol. The fourth-order valence-electron chi connectivity index (χ4n) is 1.57. The first-order valence-electron chi connectivity index (χ1n) is 6.69. The number of ether oxygens (including phenoxy) is 1. The molecule has 0 saturated carbocycles. The number of amides is 1. The molecule has 2 N–H and O–H groups in total. The number of carbonyl (C=O) groups is 2. The van der Waals surface area contributed by atoms with Gasteiger partial charge < -0.3 is 10.1 Å². The zero-order chi connectivity index (χ0) is 17.8. The number of anilines is 1. The average molecular weight is 363 g/mol. The molecule has 0 bridgehead atoms. The molecule has 0 aliphatic heterocycles. The van der Waals surface area contributed by atoms with E-state index in [1.165, 1.54) is 25.1 Å². The third-order valence-electron chi connectivity index (χ3n) is 2.39. The minimum atomic E-state index is -3.93. The van der Waals surface area contributed by atoms with E-state index in [9.17, 15) is 18.0 Å². The largest absolute Gasteiger partial charge is 0.459 e. The summed E-state index contributed by atoms with van der Waals surface area (Å²) in [7, 11) is -3.93. The number of benzene rings is 1. The highest BCUT2D eigenvalue weighted by Crippen LogP contribution is 2.25. The lowest BCUT2D eigenvalue weighted by atomic mass is 10.2. The van der Waals surface area contributed by atoms with Crippen molar-refractivity contribution < 1.29 is 22.7 Å². The number of rotatable bonds is 5. The lowest BCUT2D eigenvalue weighted by Gasteiger charge is -2.19. The number of hydrogen-bond donors (Lipinski definition) is 2. The van der Waals surface area contributed by atoms with Crippen molar-refractivity contribution in [3.05, 3.63) is 23.2 Å². The molecule has 23 heavy (non-hydrogen) atoms. The summed E-state index contributed by atoms with van der Waals surface area (Å²) >= 11 is 5.93. The van der Waals surface area contributed by atoms with Crippen LogP contribution in [0.15, 0.2) is 23.1 Å². The minimum Gasteiger partial charge on any atom is -0.459 e. The van der Waals surface area contributed by atoms with Crippen molar-refractivity contribution in [3.63, 3.8) is 0 Å². The number of hydrogen-bond acceptors (Lipinski definition) is 5. The Hall–Kier alpha value is -1.64. The molecule has 1 aromatic rings. The molecule has 0 aliphatic carbocycles. The first kappa shape index (κ1) is 19.4. The van der Waals surface area contributed by atoms with Gasteiger partial charge in [-0.2, -0.15) is 4.72 Å². The Balaban J connectivity index is 2.83. The third-order valence-corrected chi connectivity index (χ3v) is 4.10. The van der Waals surface area contributed by atoms with Gasteiger partial charge in [0.1, 0.15) is 12.1 Å². The van der Waals surface area contributed by atoms with Gasteiger partial charge >= 0.3 is 5.97 Å². The van der Waals surface area contributed by atoms with Crippen molar-refractivity contribution in [3.8, 4) is 0 Å². The van der Waals surface area contributed by atoms with Crippen LogP contribution in [0.25, 0.3) is 0 Å². The Labute approximate surface area is 140 Å². The van der Waals surface area contributed by atoms with Crippen LogP contribution in [0, 0.1) is 0 Å². The Bertz CT molecular complexity index is 710. The molecule has 0 fully saturated rings. The van der Waals surface area contributed by atoms with E-state index in [0.717, 1.165) is 0 Å². The molecule has 0 aromatic heterocycles. The molecule has 0 unspecified atom stereocenters. The van der Waals surface area contributed by atoms with Crippen LogP contribution in [0.2, 0.25) is 5.02 Å². The van der Waals surface area contributed by atoms with Gasteiger partial charge in [0, 0.05) is 6.92 Å². The average Bonchev–Trinajstić information content (AvgIpc) is 2.36. The van der Waals surface area contributed by atoms with Crippen molar-refractivity contribution in [2.75, 3.05) is 11.9 Å². The monoisotopic (exact) mass is 362 g/mol. The maximum absolute atomic E-state index is 12.1. The fourth-order valence-corrected chi connectivity index (χ4v) is 2.86. The highest BCUT2D eigenvalue weighted by Gasteiger charge is 2.20. The zero-order valence-corrected chi connectivity index (χ0v) is 14.8. The van der Waals surface area contributed by atoms with E-state index in [1.54, 1.807) is 20.8 Å². The predicted molar refractivity (Wildman–Crippen MR) is 86.8 cm³/mol. The number of nitrogens with one attached hydrogen (secondary N) is 2. The summed E-state index contributed by atoms with van der Waals surface area (Å²) in [5, 5.41) is 2.54. The minimum absolute atomic E-state index is 0.0698. The highest BCUT2D eigenvalue weighted by atomic mass is 35.5. The first-order valence-corrected chi connectivity index (χ1v) is 8.55. The maximum atomic E-state index is 12.1. The Morgan fingerprint density at radius 2 is 1.87 bits per heavy atom. The number of halogens is 1. The van der Waals surface area contributed by atoms with Crippen LogP contribution in [-0.4, -0.2) is 32.4 Å². The van der Waals surface area contributed by atoms with Crippen LogP contribution >= 0.6 is 11.6 Å². The summed E-state index contributed by atoms with van der Waals surface area (Å²) in [5.41, 5.74) is -0.406. The second-order valence-corrected chi connectivity index (χ2v) is 7.91. The van der Waals surface area contributed by atoms with Crippen molar-refractivity contribution in [1.29, 1.82) is 0 Å². The van der Waals surface area contributed by atoms with E-state index in [-0.39, 0.29) is 15.8 Å². The molecule has 1 aromatic carbocycles. The summed E-state index contributed by atoms with van der Waals surface area (Å²) in [6, 6.07) is 3.82. The molecule has 0 atom stereocenters. The molecule has 0 saturated heterocycles. The molecule has 0 radical (unpaired) electrons. The van der Waals surface area contributed by atoms with Crippen LogP contribution in [0.3, 0.4) is 0 Å². The van der Waals surface area contributed by atoms with Gasteiger partial charge in [-0.3, -0.25) is 9.59 Å². The van der Waals surface area contributed by atoms with Crippen molar-refractivity contribution in [2.24, 2.45) is 0 Å². The smallest absolute Gasteiger partial charge is 0.321 e. The zero-order valence-electron chi connectivity index (χ0n) is 13.3. The van der Waals surface area contributed by atoms with Crippen LogP contribution in [0.5, 0.6) is 0 Å². The summed E-state index contributed by atoms with van der Waals surface area (Å²) in [6.07, 6.45) is 0. The molecule has 0 aliphatic rings. The summed E-state index contributed by atoms with van der Waals surface area (Å²) < 4.78 is 31.4. The van der Waals surface area contributed by atoms with E-state index >= 15 is 0 Å². The van der Waals surface area contributed by atoms with Crippen molar-refractivity contribution in [2.45, 2.75) is 38.2 Å². The lowest BCUT2D eigenvalue weighted by molar-refractivity contribution is -0.153. The van der Waals surface area contributed by atoms with Crippen molar-refractivity contribution in [1.82, 2.24) is 4.72 Å². The second kappa shape index (κ2) is 7.29. The van der Waals surface area contributed by atoms with Gasteiger partial charge in [0.05, 0.1) is 15.6 Å². The lowest BCUT2D eigenvalue weighted by Crippen LogP contribution is -2.34. The summed E-state index contributed by atoms with van der Waals surface area (Å²) in [4.78, 5) is 22.4. The van der Waals surface area contributed by atoms with Gasteiger partial charge in [0.15, 0.2) is 0 Å².